The zero-order valence-corrected chi connectivity index (χ0v) is 21.7. The third-order valence-corrected chi connectivity index (χ3v) is 9.54. The number of carbonyl (C=O) groups excluding carboxylic acids is 3. The minimum absolute atomic E-state index is 0.000120. The molecule has 3 rings (SSSR count). The normalized spacial score (nSPS) is 29.4. The van der Waals surface area contributed by atoms with Gasteiger partial charge in [-0.2, -0.15) is 0 Å². The maximum Gasteiger partial charge on any atom is 0.310 e. The van der Waals surface area contributed by atoms with Gasteiger partial charge < -0.3 is 19.6 Å². The summed E-state index contributed by atoms with van der Waals surface area (Å²) in [5.41, 5.74) is 0. The monoisotopic (exact) mass is 494 g/mol. The van der Waals surface area contributed by atoms with Crippen LogP contribution in [-0.2, 0) is 19.1 Å². The van der Waals surface area contributed by atoms with Crippen molar-refractivity contribution in [3.05, 3.63) is 12.7 Å². The summed E-state index contributed by atoms with van der Waals surface area (Å²) in [5.74, 6) is -1.29. The van der Waals surface area contributed by atoms with E-state index in [0.717, 1.165) is 57.8 Å². The van der Waals surface area contributed by atoms with Crippen molar-refractivity contribution in [2.75, 3.05) is 32.8 Å². The predicted octanol–water partition coefficient (Wildman–Crippen LogP) is 3.40. The summed E-state index contributed by atoms with van der Waals surface area (Å²) >= 11 is 1.70. The van der Waals surface area contributed by atoms with Crippen molar-refractivity contribution in [3.63, 3.8) is 0 Å². The van der Waals surface area contributed by atoms with E-state index in [1.54, 1.807) is 29.7 Å². The molecule has 192 valence electrons. The number of aliphatic hydroxyl groups is 1. The van der Waals surface area contributed by atoms with Crippen LogP contribution in [0.3, 0.4) is 0 Å². The molecule has 3 aliphatic rings. The number of carbonyl (C=O) groups is 3. The Bertz CT molecular complexity index is 747. The van der Waals surface area contributed by atoms with Crippen molar-refractivity contribution < 1.29 is 24.2 Å². The fourth-order valence-electron chi connectivity index (χ4n) is 6.10. The maximum absolute atomic E-state index is 14.1. The first-order valence-corrected chi connectivity index (χ1v) is 14.0. The number of rotatable bonds is 15. The van der Waals surface area contributed by atoms with Crippen LogP contribution in [0.25, 0.3) is 0 Å². The van der Waals surface area contributed by atoms with E-state index in [0.29, 0.717) is 26.2 Å². The molecule has 1 spiro atoms. The molecule has 1 N–H and O–H groups in total. The molecule has 3 fully saturated rings. The van der Waals surface area contributed by atoms with Crippen molar-refractivity contribution >= 4 is 29.5 Å². The zero-order valence-electron chi connectivity index (χ0n) is 20.9. The number of hydrogen-bond donors (Lipinski definition) is 1. The molecule has 7 nitrogen and oxygen atoms in total. The van der Waals surface area contributed by atoms with E-state index in [1.165, 1.54) is 0 Å². The average molecular weight is 495 g/mol. The summed E-state index contributed by atoms with van der Waals surface area (Å²) in [6.45, 7) is 9.88. The molecule has 2 unspecified atom stereocenters. The molecule has 0 aliphatic carbocycles. The smallest absolute Gasteiger partial charge is 0.310 e. The van der Waals surface area contributed by atoms with Gasteiger partial charge in [0, 0.05) is 31.5 Å². The Morgan fingerprint density at radius 1 is 1.24 bits per heavy atom. The number of amides is 2. The first kappa shape index (κ1) is 27.1. The van der Waals surface area contributed by atoms with Crippen LogP contribution in [0, 0.1) is 11.8 Å². The van der Waals surface area contributed by atoms with Crippen LogP contribution in [0.15, 0.2) is 12.7 Å². The summed E-state index contributed by atoms with van der Waals surface area (Å²) in [5, 5.41) is 9.11. The average Bonchev–Trinajstić information content (AvgIpc) is 3.46. The van der Waals surface area contributed by atoms with Crippen molar-refractivity contribution in [2.45, 2.75) is 87.7 Å². The third-order valence-electron chi connectivity index (χ3n) is 7.59. The molecule has 2 bridgehead atoms. The lowest BCUT2D eigenvalue weighted by molar-refractivity contribution is -0.153. The van der Waals surface area contributed by atoms with E-state index in [9.17, 15) is 14.4 Å². The molecule has 3 aliphatic heterocycles. The van der Waals surface area contributed by atoms with Gasteiger partial charge in [-0.15, -0.1) is 18.3 Å². The van der Waals surface area contributed by atoms with Crippen LogP contribution < -0.4 is 0 Å². The fourth-order valence-corrected chi connectivity index (χ4v) is 8.30. The van der Waals surface area contributed by atoms with Crippen LogP contribution in [0.1, 0.15) is 71.6 Å². The van der Waals surface area contributed by atoms with Crippen LogP contribution >= 0.6 is 11.8 Å². The number of nitrogens with zero attached hydrogens (tertiary/aromatic N) is 2. The van der Waals surface area contributed by atoms with Crippen molar-refractivity contribution in [1.29, 1.82) is 0 Å². The SMILES string of the molecule is C=CCN(CCCCC)C(=O)C1N(CCCCCCO)C(=O)[C@@H]2[C@H](C(=O)OCC)[C@@H]3CCC12S3. The van der Waals surface area contributed by atoms with Crippen LogP contribution in [0.2, 0.25) is 0 Å². The summed E-state index contributed by atoms with van der Waals surface area (Å²) in [6, 6.07) is -0.543. The lowest BCUT2D eigenvalue weighted by atomic mass is 9.71. The fraction of sp³-hybridized carbons (Fsp3) is 0.808. The second-order valence-electron chi connectivity index (χ2n) is 9.76. The quantitative estimate of drug-likeness (QED) is 0.213. The lowest BCUT2D eigenvalue weighted by Gasteiger charge is -2.37. The number of hydrogen-bond acceptors (Lipinski definition) is 6. The van der Waals surface area contributed by atoms with E-state index < -0.39 is 22.6 Å². The molecule has 8 heteroatoms. The van der Waals surface area contributed by atoms with Gasteiger partial charge in [-0.05, 0) is 39.0 Å². The number of esters is 1. The number of fused-ring (bicyclic) bond motifs is 1. The molecule has 0 aromatic rings. The number of ether oxygens (including phenoxy) is 1. The number of likely N-dealkylation sites (tertiary alicyclic amines) is 1. The third kappa shape index (κ3) is 5.18. The summed E-state index contributed by atoms with van der Waals surface area (Å²) < 4.78 is 4.83. The van der Waals surface area contributed by atoms with E-state index in [1.807, 2.05) is 4.90 Å². The van der Waals surface area contributed by atoms with Gasteiger partial charge in [0.05, 0.1) is 23.2 Å². The van der Waals surface area contributed by atoms with Crippen LogP contribution in [-0.4, -0.2) is 81.6 Å². The molecule has 0 radical (unpaired) electrons. The Hall–Kier alpha value is -1.54. The Labute approximate surface area is 208 Å². The van der Waals surface area contributed by atoms with Gasteiger partial charge in [-0.25, -0.2) is 0 Å². The lowest BCUT2D eigenvalue weighted by Crippen LogP contribution is -2.55. The molecular weight excluding hydrogens is 452 g/mol. The Kier molecular flexibility index (Phi) is 9.89. The van der Waals surface area contributed by atoms with Gasteiger partial charge in [0.1, 0.15) is 6.04 Å². The highest BCUT2D eigenvalue weighted by atomic mass is 32.2. The Morgan fingerprint density at radius 2 is 2.00 bits per heavy atom. The topological polar surface area (TPSA) is 87.2 Å². The first-order chi connectivity index (χ1) is 16.5. The molecule has 2 amide bonds. The van der Waals surface area contributed by atoms with Gasteiger partial charge in [0.25, 0.3) is 0 Å². The predicted molar refractivity (Wildman–Crippen MR) is 134 cm³/mol. The van der Waals surface area contributed by atoms with Gasteiger partial charge >= 0.3 is 5.97 Å². The molecule has 0 aromatic carbocycles. The van der Waals surface area contributed by atoms with Gasteiger partial charge in [0.15, 0.2) is 0 Å². The second kappa shape index (κ2) is 12.4. The van der Waals surface area contributed by atoms with Crippen LogP contribution in [0.4, 0.5) is 0 Å². The summed E-state index contributed by atoms with van der Waals surface area (Å²) in [7, 11) is 0. The maximum atomic E-state index is 14.1. The van der Waals surface area contributed by atoms with Crippen molar-refractivity contribution in [3.8, 4) is 0 Å². The highest BCUT2D eigenvalue weighted by Crippen LogP contribution is 2.66. The molecule has 34 heavy (non-hydrogen) atoms. The zero-order chi connectivity index (χ0) is 24.7. The van der Waals surface area contributed by atoms with Gasteiger partial charge in [-0.1, -0.05) is 38.7 Å². The molecule has 5 atom stereocenters. The summed E-state index contributed by atoms with van der Waals surface area (Å²) in [4.78, 5) is 44.5. The largest absolute Gasteiger partial charge is 0.466 e. The molecule has 3 heterocycles. The number of thioether (sulfide) groups is 1. The Morgan fingerprint density at radius 3 is 2.68 bits per heavy atom. The minimum atomic E-state index is -0.550. The van der Waals surface area contributed by atoms with Crippen LogP contribution in [0.5, 0.6) is 0 Å². The van der Waals surface area contributed by atoms with E-state index in [2.05, 4.69) is 13.5 Å². The van der Waals surface area contributed by atoms with Crippen molar-refractivity contribution in [1.82, 2.24) is 9.80 Å². The molecule has 0 saturated carbocycles. The van der Waals surface area contributed by atoms with Gasteiger partial charge in [-0.3, -0.25) is 14.4 Å². The highest BCUT2D eigenvalue weighted by molar-refractivity contribution is 8.02. The molecule has 3 saturated heterocycles. The second-order valence-corrected chi connectivity index (χ2v) is 11.4. The van der Waals surface area contributed by atoms with E-state index in [4.69, 9.17) is 9.84 Å². The molecule has 0 aromatic heterocycles. The first-order valence-electron chi connectivity index (χ1n) is 13.1. The summed E-state index contributed by atoms with van der Waals surface area (Å²) in [6.07, 6.45) is 9.75. The Balaban J connectivity index is 1.89. The number of unbranched alkanes of at least 4 members (excludes halogenated alkanes) is 5. The van der Waals surface area contributed by atoms with E-state index in [-0.39, 0.29) is 29.6 Å². The minimum Gasteiger partial charge on any atom is -0.466 e. The highest BCUT2D eigenvalue weighted by Gasteiger charge is 2.74. The standard InChI is InChI=1S/C26H42N2O5S/c1-4-7-10-16-27(15-5-2)24(31)22-26-14-13-19(34-26)20(25(32)33-6-3)21(26)23(30)28(22)17-11-8-9-12-18-29/h5,19-22,29H,2,4,6-18H2,1,3H3/t19-,20+,21-,22?,26?/m0/s1. The van der Waals surface area contributed by atoms with Crippen molar-refractivity contribution in [2.24, 2.45) is 11.8 Å². The molecular formula is C26H42N2O5S. The van der Waals surface area contributed by atoms with Gasteiger partial charge in [0.2, 0.25) is 11.8 Å². The number of aliphatic hydroxyl groups excluding tert-OH is 1. The van der Waals surface area contributed by atoms with E-state index >= 15 is 0 Å².